The van der Waals surface area contributed by atoms with Crippen LogP contribution in [-0.2, 0) is 11.2 Å². The van der Waals surface area contributed by atoms with E-state index in [1.165, 1.54) is 0 Å². The highest BCUT2D eigenvalue weighted by atomic mass is 35.5. The number of aliphatic carboxylic acids is 1. The van der Waals surface area contributed by atoms with Gasteiger partial charge in [0.05, 0.1) is 11.6 Å². The number of nitrogens with zero attached hydrogens (tertiary/aromatic N) is 1. The lowest BCUT2D eigenvalue weighted by molar-refractivity contribution is -0.138. The van der Waals surface area contributed by atoms with E-state index < -0.39 is 11.9 Å². The molecule has 0 spiro atoms. The number of H-pyrrole nitrogens is 1. The fraction of sp³-hybridized carbons (Fsp3) is 0.211. The van der Waals surface area contributed by atoms with Crippen molar-refractivity contribution in [2.45, 2.75) is 26.2 Å². The Morgan fingerprint density at radius 2 is 2.04 bits per heavy atom. The zero-order valence-electron chi connectivity index (χ0n) is 13.8. The first-order valence-electron chi connectivity index (χ1n) is 7.96. The minimum atomic E-state index is -1.01. The lowest BCUT2D eigenvalue weighted by Gasteiger charge is -2.09. The Morgan fingerprint density at radius 1 is 1.28 bits per heavy atom. The van der Waals surface area contributed by atoms with Crippen LogP contribution in [0.5, 0.6) is 0 Å². The van der Waals surface area contributed by atoms with E-state index in [0.29, 0.717) is 21.5 Å². The number of carbonyl (C=O) groups excluding carboxylic acids is 1. The third kappa shape index (κ3) is 3.15. The van der Waals surface area contributed by atoms with Gasteiger partial charge in [0.25, 0.3) is 0 Å². The maximum Gasteiger partial charge on any atom is 0.310 e. The first-order chi connectivity index (χ1) is 11.9. The number of carboxylic acid groups (broad SMARTS) is 1. The van der Waals surface area contributed by atoms with Gasteiger partial charge in [-0.3, -0.25) is 14.6 Å². The predicted molar refractivity (Wildman–Crippen MR) is 96.4 cm³/mol. The van der Waals surface area contributed by atoms with Crippen LogP contribution in [0.25, 0.3) is 10.9 Å². The van der Waals surface area contributed by atoms with Gasteiger partial charge in [0.1, 0.15) is 5.69 Å². The zero-order valence-corrected chi connectivity index (χ0v) is 14.6. The summed E-state index contributed by atoms with van der Waals surface area (Å²) in [6.45, 7) is 3.55. The molecule has 1 unspecified atom stereocenters. The number of nitrogens with one attached hydrogen (secondary N) is 1. The topological polar surface area (TPSA) is 83.0 Å². The Morgan fingerprint density at radius 3 is 2.72 bits per heavy atom. The van der Waals surface area contributed by atoms with Crippen molar-refractivity contribution in [3.05, 3.63) is 64.1 Å². The largest absolute Gasteiger partial charge is 0.481 e. The second-order valence-corrected chi connectivity index (χ2v) is 6.33. The van der Waals surface area contributed by atoms with E-state index in [2.05, 4.69) is 9.97 Å². The molecular weight excluding hydrogens is 340 g/mol. The summed E-state index contributed by atoms with van der Waals surface area (Å²) in [7, 11) is 0. The van der Waals surface area contributed by atoms with Crippen molar-refractivity contribution in [3.63, 3.8) is 0 Å². The number of carboxylic acids is 1. The highest BCUT2D eigenvalue weighted by molar-refractivity contribution is 6.31. The molecule has 2 N–H and O–H groups in total. The summed E-state index contributed by atoms with van der Waals surface area (Å²) in [5, 5.41) is 10.6. The summed E-state index contributed by atoms with van der Waals surface area (Å²) in [6.07, 6.45) is 2.37. The maximum atomic E-state index is 13.0. The van der Waals surface area contributed by atoms with Crippen LogP contribution in [0.15, 0.2) is 36.5 Å². The van der Waals surface area contributed by atoms with Gasteiger partial charge in [-0.15, -0.1) is 0 Å². The van der Waals surface area contributed by atoms with Gasteiger partial charge in [-0.2, -0.15) is 0 Å². The monoisotopic (exact) mass is 356 g/mol. The third-order valence-corrected chi connectivity index (χ3v) is 4.53. The highest BCUT2D eigenvalue weighted by Crippen LogP contribution is 2.32. The van der Waals surface area contributed by atoms with Gasteiger partial charge in [0, 0.05) is 27.7 Å². The van der Waals surface area contributed by atoms with Crippen LogP contribution in [-0.4, -0.2) is 26.8 Å². The van der Waals surface area contributed by atoms with Crippen LogP contribution in [0, 0.1) is 0 Å². The van der Waals surface area contributed by atoms with Gasteiger partial charge in [-0.1, -0.05) is 18.5 Å². The van der Waals surface area contributed by atoms with Crippen molar-refractivity contribution in [1.29, 1.82) is 0 Å². The summed E-state index contributed by atoms with van der Waals surface area (Å²) in [5.74, 6) is -2.20. The molecule has 3 aromatic rings. The molecule has 0 aliphatic rings. The van der Waals surface area contributed by atoms with Crippen molar-refractivity contribution >= 4 is 34.3 Å². The van der Waals surface area contributed by atoms with E-state index in [4.69, 9.17) is 11.6 Å². The SMILES string of the molecule is CCc1ccnc(C(=O)c2[nH]c3ccc(Cl)cc3c2C(C)C(=O)O)c1. The predicted octanol–water partition coefficient (Wildman–Crippen LogP) is 4.20. The molecule has 2 heterocycles. The number of aromatic nitrogens is 2. The number of halogens is 1. The summed E-state index contributed by atoms with van der Waals surface area (Å²) in [5.41, 5.74) is 2.62. The second kappa shape index (κ2) is 6.69. The highest BCUT2D eigenvalue weighted by Gasteiger charge is 2.27. The molecule has 0 amide bonds. The zero-order chi connectivity index (χ0) is 18.1. The number of pyridine rings is 1. The van der Waals surface area contributed by atoms with Gasteiger partial charge < -0.3 is 10.1 Å². The van der Waals surface area contributed by atoms with Crippen LogP contribution in [0.4, 0.5) is 0 Å². The Labute approximate surface area is 149 Å². The molecule has 1 atom stereocenters. The summed E-state index contributed by atoms with van der Waals surface area (Å²) < 4.78 is 0. The summed E-state index contributed by atoms with van der Waals surface area (Å²) >= 11 is 6.06. The molecule has 0 saturated carbocycles. The van der Waals surface area contributed by atoms with Gasteiger partial charge >= 0.3 is 5.97 Å². The summed E-state index contributed by atoms with van der Waals surface area (Å²) in [4.78, 5) is 31.8. The molecule has 0 radical (unpaired) electrons. The van der Waals surface area contributed by atoms with Gasteiger partial charge in [-0.25, -0.2) is 0 Å². The molecule has 2 aromatic heterocycles. The molecule has 0 fully saturated rings. The first-order valence-corrected chi connectivity index (χ1v) is 8.33. The molecule has 3 rings (SSSR count). The average molecular weight is 357 g/mol. The number of hydrogen-bond donors (Lipinski definition) is 2. The van der Waals surface area contributed by atoms with Crippen LogP contribution in [0.1, 0.15) is 47.1 Å². The molecule has 0 aliphatic heterocycles. The lowest BCUT2D eigenvalue weighted by atomic mass is 9.95. The van der Waals surface area contributed by atoms with Crippen molar-refractivity contribution < 1.29 is 14.7 Å². The fourth-order valence-electron chi connectivity index (χ4n) is 2.88. The minimum absolute atomic E-state index is 0.243. The van der Waals surface area contributed by atoms with E-state index in [9.17, 15) is 14.7 Å². The molecule has 0 bridgehead atoms. The number of ketones is 1. The molecule has 25 heavy (non-hydrogen) atoms. The molecule has 0 aliphatic carbocycles. The second-order valence-electron chi connectivity index (χ2n) is 5.90. The van der Waals surface area contributed by atoms with E-state index in [-0.39, 0.29) is 17.2 Å². The number of aryl methyl sites for hydroxylation is 1. The van der Waals surface area contributed by atoms with Gasteiger partial charge in [0.2, 0.25) is 5.78 Å². The average Bonchev–Trinajstić information content (AvgIpc) is 2.98. The Bertz CT molecular complexity index is 978. The van der Waals surface area contributed by atoms with Crippen molar-refractivity contribution in [2.24, 2.45) is 0 Å². The minimum Gasteiger partial charge on any atom is -0.481 e. The fourth-order valence-corrected chi connectivity index (χ4v) is 3.06. The van der Waals surface area contributed by atoms with E-state index in [1.54, 1.807) is 37.4 Å². The van der Waals surface area contributed by atoms with Crippen LogP contribution in [0.2, 0.25) is 5.02 Å². The first kappa shape index (κ1) is 17.2. The van der Waals surface area contributed by atoms with Gasteiger partial charge in [0.15, 0.2) is 0 Å². The van der Waals surface area contributed by atoms with E-state index in [1.807, 2.05) is 13.0 Å². The molecular formula is C19H17ClN2O3. The van der Waals surface area contributed by atoms with Crippen LogP contribution < -0.4 is 0 Å². The Kier molecular flexibility index (Phi) is 4.59. The Hall–Kier alpha value is -2.66. The quantitative estimate of drug-likeness (QED) is 0.671. The lowest BCUT2D eigenvalue weighted by Crippen LogP contribution is -2.13. The van der Waals surface area contributed by atoms with Crippen LogP contribution in [0.3, 0.4) is 0 Å². The maximum absolute atomic E-state index is 13.0. The molecule has 128 valence electrons. The van der Waals surface area contributed by atoms with Crippen molar-refractivity contribution in [3.8, 4) is 0 Å². The number of hydrogen-bond acceptors (Lipinski definition) is 3. The number of benzene rings is 1. The number of rotatable bonds is 5. The number of fused-ring (bicyclic) bond motifs is 1. The Balaban J connectivity index is 2.22. The molecule has 5 nitrogen and oxygen atoms in total. The van der Waals surface area contributed by atoms with Gasteiger partial charge in [-0.05, 0) is 49.2 Å². The van der Waals surface area contributed by atoms with Crippen molar-refractivity contribution in [1.82, 2.24) is 9.97 Å². The third-order valence-electron chi connectivity index (χ3n) is 4.30. The van der Waals surface area contributed by atoms with Crippen LogP contribution >= 0.6 is 11.6 Å². The standard InChI is InChI=1S/C19H17ClN2O3/c1-3-11-6-7-21-15(8-11)18(23)17-16(10(2)19(24)25)13-9-12(20)4-5-14(13)22-17/h4-10,22H,3H2,1-2H3,(H,24,25). The normalized spacial score (nSPS) is 12.3. The number of aromatic amines is 1. The molecule has 6 heteroatoms. The van der Waals surface area contributed by atoms with E-state index >= 15 is 0 Å². The molecule has 1 aromatic carbocycles. The van der Waals surface area contributed by atoms with Crippen molar-refractivity contribution in [2.75, 3.05) is 0 Å². The number of carbonyl (C=O) groups is 2. The summed E-state index contributed by atoms with van der Waals surface area (Å²) in [6, 6.07) is 8.69. The smallest absolute Gasteiger partial charge is 0.310 e. The van der Waals surface area contributed by atoms with E-state index in [0.717, 1.165) is 12.0 Å². The molecule has 0 saturated heterocycles.